The summed E-state index contributed by atoms with van der Waals surface area (Å²) in [6.07, 6.45) is 0.0449. The highest BCUT2D eigenvalue weighted by atomic mass is 16.5. The molecule has 0 spiro atoms. The minimum absolute atomic E-state index is 0.287. The number of fused-ring (bicyclic) bond motifs is 1. The molecule has 0 aromatic heterocycles. The third kappa shape index (κ3) is 4.53. The molecule has 1 atom stereocenters. The average molecular weight is 375 g/mol. The van der Waals surface area contributed by atoms with Crippen molar-refractivity contribution in [2.75, 3.05) is 13.2 Å². The highest BCUT2D eigenvalue weighted by Crippen LogP contribution is 2.29. The summed E-state index contributed by atoms with van der Waals surface area (Å²) in [6, 6.07) is 23.4. The maximum absolute atomic E-state index is 10.7. The van der Waals surface area contributed by atoms with E-state index < -0.39 is 6.10 Å². The molecule has 0 aliphatic carbocycles. The molecule has 3 aromatic rings. The van der Waals surface area contributed by atoms with Crippen LogP contribution in [-0.2, 0) is 19.5 Å². The highest BCUT2D eigenvalue weighted by Gasteiger charge is 2.18. The molecule has 1 unspecified atom stereocenters. The Morgan fingerprint density at radius 1 is 0.929 bits per heavy atom. The van der Waals surface area contributed by atoms with Gasteiger partial charge in [0, 0.05) is 31.6 Å². The number of benzene rings is 3. The predicted molar refractivity (Wildman–Crippen MR) is 109 cm³/mol. The van der Waals surface area contributed by atoms with Gasteiger partial charge in [0.25, 0.3) is 0 Å². The van der Waals surface area contributed by atoms with Crippen molar-refractivity contribution in [2.45, 2.75) is 25.6 Å². The molecule has 1 aliphatic rings. The van der Waals surface area contributed by atoms with Crippen LogP contribution in [0.3, 0.4) is 0 Å². The number of aliphatic hydroxyl groups is 1. The Bertz CT molecular complexity index is 926. The van der Waals surface area contributed by atoms with Crippen LogP contribution >= 0.6 is 0 Å². The van der Waals surface area contributed by atoms with E-state index >= 15 is 0 Å². The zero-order valence-electron chi connectivity index (χ0n) is 15.8. The summed E-state index contributed by atoms with van der Waals surface area (Å²) < 4.78 is 5.92. The monoisotopic (exact) mass is 375 g/mol. The van der Waals surface area contributed by atoms with Crippen LogP contribution < -0.4 is 4.74 Å². The van der Waals surface area contributed by atoms with E-state index in [2.05, 4.69) is 11.0 Å². The number of phenols is 1. The number of phenolic OH excluding ortho intramolecular Hbond substituents is 1. The minimum atomic E-state index is -0.546. The SMILES string of the molecule is Oc1cccc(CN2CCOc3ccc(C(O)Cc4ccccc4)cc3C2)c1. The highest BCUT2D eigenvalue weighted by molar-refractivity contribution is 5.39. The Hall–Kier alpha value is -2.82. The van der Waals surface area contributed by atoms with Crippen LogP contribution in [0.4, 0.5) is 0 Å². The van der Waals surface area contributed by atoms with Crippen LogP contribution in [0.25, 0.3) is 0 Å². The van der Waals surface area contributed by atoms with E-state index in [1.807, 2.05) is 54.6 Å². The van der Waals surface area contributed by atoms with Gasteiger partial charge in [-0.25, -0.2) is 0 Å². The first kappa shape index (κ1) is 18.5. The van der Waals surface area contributed by atoms with Crippen molar-refractivity contribution < 1.29 is 14.9 Å². The van der Waals surface area contributed by atoms with E-state index in [4.69, 9.17) is 4.74 Å². The molecule has 4 rings (SSSR count). The van der Waals surface area contributed by atoms with Crippen molar-refractivity contribution in [1.82, 2.24) is 4.90 Å². The van der Waals surface area contributed by atoms with E-state index in [1.54, 1.807) is 12.1 Å². The van der Waals surface area contributed by atoms with Crippen molar-refractivity contribution in [3.8, 4) is 11.5 Å². The number of nitrogens with zero attached hydrogens (tertiary/aromatic N) is 1. The van der Waals surface area contributed by atoms with Gasteiger partial charge in [-0.05, 0) is 41.0 Å². The fourth-order valence-corrected chi connectivity index (χ4v) is 3.68. The lowest BCUT2D eigenvalue weighted by atomic mass is 9.99. The maximum atomic E-state index is 10.7. The van der Waals surface area contributed by atoms with Gasteiger partial charge in [0.15, 0.2) is 0 Å². The van der Waals surface area contributed by atoms with Crippen LogP contribution in [-0.4, -0.2) is 28.3 Å². The van der Waals surface area contributed by atoms with Crippen molar-refractivity contribution >= 4 is 0 Å². The van der Waals surface area contributed by atoms with Gasteiger partial charge in [-0.1, -0.05) is 48.5 Å². The smallest absolute Gasteiger partial charge is 0.123 e. The lowest BCUT2D eigenvalue weighted by Gasteiger charge is -2.20. The van der Waals surface area contributed by atoms with Gasteiger partial charge < -0.3 is 14.9 Å². The van der Waals surface area contributed by atoms with Crippen molar-refractivity contribution in [2.24, 2.45) is 0 Å². The van der Waals surface area contributed by atoms with Crippen molar-refractivity contribution in [3.05, 3.63) is 95.1 Å². The lowest BCUT2D eigenvalue weighted by molar-refractivity contribution is 0.178. The van der Waals surface area contributed by atoms with Crippen LogP contribution in [0, 0.1) is 0 Å². The van der Waals surface area contributed by atoms with Gasteiger partial charge in [-0.2, -0.15) is 0 Å². The number of hydrogen-bond donors (Lipinski definition) is 2. The first-order valence-electron chi connectivity index (χ1n) is 9.65. The Kier molecular flexibility index (Phi) is 5.60. The van der Waals surface area contributed by atoms with E-state index in [1.165, 1.54) is 0 Å². The zero-order valence-corrected chi connectivity index (χ0v) is 15.8. The molecule has 0 saturated heterocycles. The van der Waals surface area contributed by atoms with Gasteiger partial charge in [-0.3, -0.25) is 4.90 Å². The first-order valence-corrected chi connectivity index (χ1v) is 9.65. The fraction of sp³-hybridized carbons (Fsp3) is 0.250. The van der Waals surface area contributed by atoms with Crippen molar-refractivity contribution in [3.63, 3.8) is 0 Å². The molecule has 0 saturated carbocycles. The summed E-state index contributed by atoms with van der Waals surface area (Å²) in [5.41, 5.74) is 4.18. The molecule has 0 bridgehead atoms. The standard InChI is InChI=1S/C24H25NO3/c26-22-8-4-7-19(13-22)16-25-11-12-28-24-10-9-20(15-21(24)17-25)23(27)14-18-5-2-1-3-6-18/h1-10,13,15,23,26-27H,11-12,14,16-17H2. The molecule has 4 nitrogen and oxygen atoms in total. The predicted octanol–water partition coefficient (Wildman–Crippen LogP) is 4.06. The second kappa shape index (κ2) is 8.46. The van der Waals surface area contributed by atoms with Gasteiger partial charge in [0.1, 0.15) is 18.1 Å². The summed E-state index contributed by atoms with van der Waals surface area (Å²) in [5.74, 6) is 1.17. The molecule has 1 heterocycles. The summed E-state index contributed by atoms with van der Waals surface area (Å²) in [4.78, 5) is 2.30. The lowest BCUT2D eigenvalue weighted by Crippen LogP contribution is -2.25. The molecule has 4 heteroatoms. The van der Waals surface area contributed by atoms with Crippen LogP contribution in [0.2, 0.25) is 0 Å². The largest absolute Gasteiger partial charge is 0.508 e. The average Bonchev–Trinajstić information content (AvgIpc) is 2.89. The quantitative estimate of drug-likeness (QED) is 0.706. The van der Waals surface area contributed by atoms with Crippen LogP contribution in [0.15, 0.2) is 72.8 Å². The molecule has 0 fully saturated rings. The minimum Gasteiger partial charge on any atom is -0.508 e. The number of hydrogen-bond acceptors (Lipinski definition) is 4. The normalized spacial score (nSPS) is 15.3. The van der Waals surface area contributed by atoms with Crippen molar-refractivity contribution in [1.29, 1.82) is 0 Å². The molecular weight excluding hydrogens is 350 g/mol. The number of aromatic hydroxyl groups is 1. The van der Waals surface area contributed by atoms with Gasteiger partial charge >= 0.3 is 0 Å². The van der Waals surface area contributed by atoms with E-state index in [-0.39, 0.29) is 5.75 Å². The third-order valence-corrected chi connectivity index (χ3v) is 5.12. The molecular formula is C24H25NO3. The number of aliphatic hydroxyl groups excluding tert-OH is 1. The first-order chi connectivity index (χ1) is 13.7. The molecule has 0 radical (unpaired) electrons. The Morgan fingerprint density at radius 2 is 1.75 bits per heavy atom. The van der Waals surface area contributed by atoms with Gasteiger partial charge in [0.05, 0.1) is 6.10 Å². The van der Waals surface area contributed by atoms with Gasteiger partial charge in [0.2, 0.25) is 0 Å². The van der Waals surface area contributed by atoms with E-state index in [9.17, 15) is 10.2 Å². The van der Waals surface area contributed by atoms with E-state index in [0.29, 0.717) is 13.0 Å². The fourth-order valence-electron chi connectivity index (χ4n) is 3.68. The second-order valence-electron chi connectivity index (χ2n) is 7.30. The molecule has 0 amide bonds. The Balaban J connectivity index is 1.50. The van der Waals surface area contributed by atoms with E-state index in [0.717, 1.165) is 47.6 Å². The second-order valence-corrected chi connectivity index (χ2v) is 7.30. The topological polar surface area (TPSA) is 52.9 Å². The van der Waals surface area contributed by atoms with Crippen LogP contribution in [0.5, 0.6) is 11.5 Å². The maximum Gasteiger partial charge on any atom is 0.123 e. The molecule has 3 aromatic carbocycles. The summed E-state index contributed by atoms with van der Waals surface area (Å²) in [7, 11) is 0. The molecule has 1 aliphatic heterocycles. The molecule has 28 heavy (non-hydrogen) atoms. The molecule has 2 N–H and O–H groups in total. The molecule has 144 valence electrons. The Morgan fingerprint density at radius 3 is 2.57 bits per heavy atom. The Labute approximate surface area is 165 Å². The van der Waals surface area contributed by atoms with Crippen LogP contribution in [0.1, 0.15) is 28.4 Å². The number of ether oxygens (including phenoxy) is 1. The summed E-state index contributed by atoms with van der Waals surface area (Å²) >= 11 is 0. The third-order valence-electron chi connectivity index (χ3n) is 5.12. The van der Waals surface area contributed by atoms with Gasteiger partial charge in [-0.15, -0.1) is 0 Å². The summed E-state index contributed by atoms with van der Waals surface area (Å²) in [6.45, 7) is 2.93. The number of rotatable bonds is 5. The summed E-state index contributed by atoms with van der Waals surface area (Å²) in [5, 5.41) is 20.4. The zero-order chi connectivity index (χ0) is 19.3.